The molecule has 3 N–H and O–H groups in total. The van der Waals surface area contributed by atoms with Crippen LogP contribution >= 0.6 is 0 Å². The minimum Gasteiger partial charge on any atom is -0.370 e. The van der Waals surface area contributed by atoms with Gasteiger partial charge in [-0.15, -0.1) is 0 Å². The zero-order valence-electron chi connectivity index (χ0n) is 10.4. The Morgan fingerprint density at radius 1 is 1.53 bits per heavy atom. The predicted molar refractivity (Wildman–Crippen MR) is 70.2 cm³/mol. The van der Waals surface area contributed by atoms with Crippen LogP contribution in [0.15, 0.2) is 12.4 Å². The molecule has 2 rings (SSSR count). The van der Waals surface area contributed by atoms with Crippen LogP contribution < -0.4 is 16.0 Å². The molecule has 17 heavy (non-hydrogen) atoms. The topological polar surface area (TPSA) is 67.1 Å². The number of anilines is 2. The second-order valence-electron chi connectivity index (χ2n) is 4.52. The Balaban J connectivity index is 2.01. The Labute approximate surface area is 102 Å². The average molecular weight is 235 g/mol. The summed E-state index contributed by atoms with van der Waals surface area (Å²) in [4.78, 5) is 10.8. The molecule has 1 aromatic heterocycles. The lowest BCUT2D eigenvalue weighted by atomic mass is 10.1. The molecule has 1 unspecified atom stereocenters. The molecule has 5 nitrogen and oxygen atoms in total. The molecule has 0 amide bonds. The summed E-state index contributed by atoms with van der Waals surface area (Å²) < 4.78 is 0. The van der Waals surface area contributed by atoms with Crippen LogP contribution in [0, 0.1) is 5.92 Å². The van der Waals surface area contributed by atoms with Crippen LogP contribution in [0.3, 0.4) is 0 Å². The lowest BCUT2D eigenvalue weighted by Crippen LogP contribution is -2.23. The summed E-state index contributed by atoms with van der Waals surface area (Å²) in [5.41, 5.74) is 5.70. The Morgan fingerprint density at radius 3 is 3.12 bits per heavy atom. The fourth-order valence-corrected chi connectivity index (χ4v) is 2.10. The van der Waals surface area contributed by atoms with E-state index in [4.69, 9.17) is 5.73 Å². The van der Waals surface area contributed by atoms with Crippen molar-refractivity contribution < 1.29 is 0 Å². The normalized spacial score (nSPS) is 19.6. The smallest absolute Gasteiger partial charge is 0.134 e. The highest BCUT2D eigenvalue weighted by atomic mass is 15.2. The molecule has 94 valence electrons. The summed E-state index contributed by atoms with van der Waals surface area (Å²) in [6, 6.07) is 2.02. The summed E-state index contributed by atoms with van der Waals surface area (Å²) in [5.74, 6) is 2.53. The van der Waals surface area contributed by atoms with Gasteiger partial charge in [-0.1, -0.05) is 6.92 Å². The molecule has 1 fully saturated rings. The van der Waals surface area contributed by atoms with Gasteiger partial charge in [0.15, 0.2) is 0 Å². The van der Waals surface area contributed by atoms with Crippen LogP contribution in [0.2, 0.25) is 0 Å². The number of aromatic nitrogens is 2. The van der Waals surface area contributed by atoms with Crippen LogP contribution in [-0.4, -0.2) is 36.1 Å². The van der Waals surface area contributed by atoms with Crippen LogP contribution in [0.5, 0.6) is 0 Å². The van der Waals surface area contributed by atoms with Crippen LogP contribution in [-0.2, 0) is 0 Å². The monoisotopic (exact) mass is 235 g/mol. The minimum atomic E-state index is 0.608. The van der Waals surface area contributed by atoms with Crippen molar-refractivity contribution in [2.45, 2.75) is 19.8 Å². The Bertz CT molecular complexity index is 355. The number of rotatable bonds is 5. The first-order valence-electron chi connectivity index (χ1n) is 6.34. The third-order valence-electron chi connectivity index (χ3n) is 3.15. The molecule has 0 saturated carbocycles. The third kappa shape index (κ3) is 3.06. The van der Waals surface area contributed by atoms with E-state index < -0.39 is 0 Å². The summed E-state index contributed by atoms with van der Waals surface area (Å²) in [6.07, 6.45) is 3.89. The second kappa shape index (κ2) is 5.82. The predicted octanol–water partition coefficient (Wildman–Crippen LogP) is 1.08. The molecule has 0 bridgehead atoms. The summed E-state index contributed by atoms with van der Waals surface area (Å²) in [6.45, 7) is 5.92. The molecule has 0 radical (unpaired) electrons. The van der Waals surface area contributed by atoms with Gasteiger partial charge < -0.3 is 16.0 Å². The molecule has 0 aliphatic carbocycles. The lowest BCUT2D eigenvalue weighted by Gasteiger charge is -2.17. The van der Waals surface area contributed by atoms with Crippen molar-refractivity contribution in [3.05, 3.63) is 12.4 Å². The minimum absolute atomic E-state index is 0.608. The van der Waals surface area contributed by atoms with Gasteiger partial charge in [-0.2, -0.15) is 0 Å². The van der Waals surface area contributed by atoms with Gasteiger partial charge in [0, 0.05) is 25.7 Å². The zero-order valence-corrected chi connectivity index (χ0v) is 10.4. The third-order valence-corrected chi connectivity index (χ3v) is 3.15. The van der Waals surface area contributed by atoms with E-state index in [2.05, 4.69) is 27.1 Å². The van der Waals surface area contributed by atoms with E-state index in [-0.39, 0.29) is 0 Å². The van der Waals surface area contributed by atoms with Gasteiger partial charge in [-0.3, -0.25) is 0 Å². The Kier molecular flexibility index (Phi) is 4.14. The quantitative estimate of drug-likeness (QED) is 0.799. The molecule has 1 saturated heterocycles. The summed E-state index contributed by atoms with van der Waals surface area (Å²) in [7, 11) is 0. The Morgan fingerprint density at radius 2 is 2.41 bits per heavy atom. The number of hydrogen-bond donors (Lipinski definition) is 2. The first-order valence-corrected chi connectivity index (χ1v) is 6.34. The van der Waals surface area contributed by atoms with Crippen molar-refractivity contribution in [2.75, 3.05) is 36.4 Å². The van der Waals surface area contributed by atoms with E-state index in [9.17, 15) is 0 Å². The van der Waals surface area contributed by atoms with Gasteiger partial charge in [0.2, 0.25) is 0 Å². The van der Waals surface area contributed by atoms with Crippen LogP contribution in [0.25, 0.3) is 0 Å². The summed E-state index contributed by atoms with van der Waals surface area (Å²) >= 11 is 0. The summed E-state index contributed by atoms with van der Waals surface area (Å²) in [5, 5.41) is 3.28. The molecular weight excluding hydrogens is 214 g/mol. The maximum Gasteiger partial charge on any atom is 0.134 e. The fraction of sp³-hybridized carbons (Fsp3) is 0.667. The standard InChI is InChI=1S/C12H21N5/c1-2-4-14-11-6-12(16-9-15-11)17-5-3-10(7-13)8-17/h6,9-10H,2-5,7-8,13H2,1H3,(H,14,15,16). The van der Waals surface area contributed by atoms with Crippen molar-refractivity contribution in [2.24, 2.45) is 11.7 Å². The molecule has 2 heterocycles. The molecule has 1 atom stereocenters. The van der Waals surface area contributed by atoms with Crippen LogP contribution in [0.1, 0.15) is 19.8 Å². The largest absolute Gasteiger partial charge is 0.370 e. The number of nitrogens with zero attached hydrogens (tertiary/aromatic N) is 3. The van der Waals surface area contributed by atoms with Crippen LogP contribution in [0.4, 0.5) is 11.6 Å². The van der Waals surface area contributed by atoms with Gasteiger partial charge in [-0.25, -0.2) is 9.97 Å². The zero-order chi connectivity index (χ0) is 12.1. The van der Waals surface area contributed by atoms with Crippen molar-refractivity contribution in [1.82, 2.24) is 9.97 Å². The molecule has 5 heteroatoms. The first-order chi connectivity index (χ1) is 8.33. The maximum absolute atomic E-state index is 5.70. The van der Waals surface area contributed by atoms with E-state index in [0.717, 1.165) is 50.7 Å². The number of nitrogens with one attached hydrogen (secondary N) is 1. The van der Waals surface area contributed by atoms with Gasteiger partial charge in [-0.05, 0) is 25.3 Å². The highest BCUT2D eigenvalue weighted by Gasteiger charge is 2.22. The highest BCUT2D eigenvalue weighted by Crippen LogP contribution is 2.22. The molecule has 0 spiro atoms. The molecule has 1 aliphatic rings. The van der Waals surface area contributed by atoms with Crippen molar-refractivity contribution >= 4 is 11.6 Å². The van der Waals surface area contributed by atoms with Crippen molar-refractivity contribution in [3.63, 3.8) is 0 Å². The fourth-order valence-electron chi connectivity index (χ4n) is 2.10. The number of hydrogen-bond acceptors (Lipinski definition) is 5. The van der Waals surface area contributed by atoms with Crippen molar-refractivity contribution in [1.29, 1.82) is 0 Å². The molecular formula is C12H21N5. The van der Waals surface area contributed by atoms with E-state index in [1.807, 2.05) is 6.07 Å². The van der Waals surface area contributed by atoms with E-state index in [1.165, 1.54) is 0 Å². The van der Waals surface area contributed by atoms with Gasteiger partial charge in [0.05, 0.1) is 0 Å². The maximum atomic E-state index is 5.70. The van der Waals surface area contributed by atoms with E-state index in [1.54, 1.807) is 6.33 Å². The van der Waals surface area contributed by atoms with E-state index >= 15 is 0 Å². The highest BCUT2D eigenvalue weighted by molar-refractivity contribution is 5.49. The SMILES string of the molecule is CCCNc1cc(N2CCC(CN)C2)ncn1. The van der Waals surface area contributed by atoms with Crippen molar-refractivity contribution in [3.8, 4) is 0 Å². The average Bonchev–Trinajstić information content (AvgIpc) is 2.85. The van der Waals surface area contributed by atoms with E-state index in [0.29, 0.717) is 5.92 Å². The number of nitrogens with two attached hydrogens (primary N) is 1. The molecule has 1 aromatic rings. The van der Waals surface area contributed by atoms with Gasteiger partial charge in [0.1, 0.15) is 18.0 Å². The molecule has 0 aromatic carbocycles. The first kappa shape index (κ1) is 12.1. The molecule has 1 aliphatic heterocycles. The lowest BCUT2D eigenvalue weighted by molar-refractivity contribution is 0.602. The second-order valence-corrected chi connectivity index (χ2v) is 4.52. The Hall–Kier alpha value is -1.36. The van der Waals surface area contributed by atoms with Gasteiger partial charge >= 0.3 is 0 Å². The van der Waals surface area contributed by atoms with Gasteiger partial charge in [0.25, 0.3) is 0 Å².